The molecule has 2 heterocycles. The van der Waals surface area contributed by atoms with E-state index < -0.39 is 5.72 Å². The molecule has 0 aromatic carbocycles. The first-order valence-electron chi connectivity index (χ1n) is 4.18. The molecule has 0 aliphatic carbocycles. The van der Waals surface area contributed by atoms with E-state index in [0.717, 1.165) is 0 Å². The molecule has 0 amide bonds. The molecule has 2 rings (SSSR count). The summed E-state index contributed by atoms with van der Waals surface area (Å²) < 4.78 is 0. The number of hydrazine groups is 2. The fourth-order valence-electron chi connectivity index (χ4n) is 0.938. The zero-order valence-corrected chi connectivity index (χ0v) is 7.97. The molecule has 1 unspecified atom stereocenters. The van der Waals surface area contributed by atoms with E-state index in [1.165, 1.54) is 35.7 Å². The van der Waals surface area contributed by atoms with Gasteiger partial charge in [-0.2, -0.15) is 0 Å². The van der Waals surface area contributed by atoms with E-state index in [4.69, 9.17) is 9.68 Å². The normalized spacial score (nSPS) is 21.7. The van der Waals surface area contributed by atoms with Gasteiger partial charge in [0.2, 0.25) is 5.72 Å². The van der Waals surface area contributed by atoms with E-state index in [9.17, 15) is 5.11 Å². The zero-order valence-electron chi connectivity index (χ0n) is 7.97. The van der Waals surface area contributed by atoms with Crippen molar-refractivity contribution in [3.05, 3.63) is 24.9 Å². The quantitative estimate of drug-likeness (QED) is 0.485. The summed E-state index contributed by atoms with van der Waals surface area (Å²) in [5.74, 6) is 2.61. The van der Waals surface area contributed by atoms with Crippen molar-refractivity contribution in [1.29, 1.82) is 0 Å². The van der Waals surface area contributed by atoms with E-state index in [2.05, 4.69) is 23.1 Å². The third kappa shape index (κ3) is 2.13. The van der Waals surface area contributed by atoms with Gasteiger partial charge in [-0.15, -0.1) is 0 Å². The molecule has 0 spiro atoms. The largest absolute Gasteiger partial charge is 0.395 e. The molecule has 0 saturated carbocycles. The van der Waals surface area contributed by atoms with Gasteiger partial charge in [-0.05, 0) is 12.8 Å². The van der Waals surface area contributed by atoms with Crippen LogP contribution in [-0.2, 0) is 9.68 Å². The molecule has 0 aromatic heterocycles. The van der Waals surface area contributed by atoms with Crippen molar-refractivity contribution in [3.8, 4) is 12.0 Å². The predicted octanol–water partition coefficient (Wildman–Crippen LogP) is -0.898. The Morgan fingerprint density at radius 1 is 1.27 bits per heavy atom. The Balaban J connectivity index is 2.01. The summed E-state index contributed by atoms with van der Waals surface area (Å²) >= 11 is 0. The molecule has 0 radical (unpaired) electrons. The van der Waals surface area contributed by atoms with Gasteiger partial charge in [-0.3, -0.25) is 0 Å². The number of hydrogen-bond donors (Lipinski definition) is 3. The number of nitrogens with zero attached hydrogens (tertiary/aromatic N) is 2. The van der Waals surface area contributed by atoms with Crippen molar-refractivity contribution in [1.82, 2.24) is 21.2 Å². The van der Waals surface area contributed by atoms with Crippen LogP contribution in [0, 0.1) is 12.0 Å². The lowest BCUT2D eigenvalue weighted by atomic mass is 10.3. The topological polar surface area (TPSA) is 69.2 Å². The minimum atomic E-state index is -1.38. The van der Waals surface area contributed by atoms with Crippen LogP contribution in [0.5, 0.6) is 0 Å². The molecule has 0 bridgehead atoms. The molecule has 1 atom stereocenters. The second-order valence-corrected chi connectivity index (χ2v) is 2.99. The van der Waals surface area contributed by atoms with Crippen LogP contribution in [0.15, 0.2) is 24.9 Å². The maximum absolute atomic E-state index is 9.91. The highest BCUT2D eigenvalue weighted by molar-refractivity contribution is 5.13. The SMILES string of the molecule is CC(O)(C#CN1C=CON1)N1C=CON1. The van der Waals surface area contributed by atoms with Crippen LogP contribution in [0.1, 0.15) is 6.92 Å². The van der Waals surface area contributed by atoms with Crippen molar-refractivity contribution in [2.24, 2.45) is 0 Å². The molecular weight excluding hydrogens is 200 g/mol. The fourth-order valence-corrected chi connectivity index (χ4v) is 0.938. The highest BCUT2D eigenvalue weighted by atomic mass is 16.7. The minimum absolute atomic E-state index is 1.32. The van der Waals surface area contributed by atoms with Gasteiger partial charge in [-0.25, -0.2) is 10.0 Å². The molecule has 0 aromatic rings. The second-order valence-electron chi connectivity index (χ2n) is 2.99. The lowest BCUT2D eigenvalue weighted by Gasteiger charge is -2.26. The van der Waals surface area contributed by atoms with Gasteiger partial charge in [0.15, 0.2) is 0 Å². The average Bonchev–Trinajstić information content (AvgIpc) is 2.88. The van der Waals surface area contributed by atoms with Crippen molar-refractivity contribution >= 4 is 0 Å². The summed E-state index contributed by atoms with van der Waals surface area (Å²) in [6.45, 7) is 1.52. The number of aliphatic hydroxyl groups is 1. The summed E-state index contributed by atoms with van der Waals surface area (Å²) in [6, 6.07) is 2.64. The van der Waals surface area contributed by atoms with Crippen molar-refractivity contribution in [2.75, 3.05) is 0 Å². The monoisotopic (exact) mass is 210 g/mol. The standard InChI is InChI=1S/C8H10N4O3/c1-8(13,12-5-7-15-10-12)2-3-11-4-6-14-9-11/h4-7,9-10,13H,1H3. The van der Waals surface area contributed by atoms with E-state index in [-0.39, 0.29) is 0 Å². The Hall–Kier alpha value is -1.88. The molecule has 7 heteroatoms. The Labute approximate surface area is 86.4 Å². The van der Waals surface area contributed by atoms with Gasteiger partial charge in [0, 0.05) is 6.04 Å². The molecular formula is C8H10N4O3. The van der Waals surface area contributed by atoms with E-state index in [1.807, 2.05) is 0 Å². The maximum Gasteiger partial charge on any atom is 0.216 e. The smallest absolute Gasteiger partial charge is 0.216 e. The predicted molar refractivity (Wildman–Crippen MR) is 48.8 cm³/mol. The van der Waals surface area contributed by atoms with Gasteiger partial charge >= 0.3 is 0 Å². The molecule has 0 fully saturated rings. The first-order chi connectivity index (χ1) is 7.18. The van der Waals surface area contributed by atoms with Crippen LogP contribution in [0.25, 0.3) is 0 Å². The Kier molecular flexibility index (Phi) is 2.39. The van der Waals surface area contributed by atoms with Crippen LogP contribution in [-0.4, -0.2) is 20.8 Å². The minimum Gasteiger partial charge on any atom is -0.395 e. The van der Waals surface area contributed by atoms with Crippen molar-refractivity contribution < 1.29 is 14.8 Å². The molecule has 2 aliphatic heterocycles. The summed E-state index contributed by atoms with van der Waals surface area (Å²) in [7, 11) is 0. The highest BCUT2D eigenvalue weighted by Gasteiger charge is 2.27. The summed E-state index contributed by atoms with van der Waals surface area (Å²) in [4.78, 5) is 9.41. The van der Waals surface area contributed by atoms with Crippen LogP contribution in [0.2, 0.25) is 0 Å². The van der Waals surface area contributed by atoms with E-state index in [0.29, 0.717) is 0 Å². The first-order valence-corrected chi connectivity index (χ1v) is 4.18. The number of nitrogens with one attached hydrogen (secondary N) is 2. The van der Waals surface area contributed by atoms with Gasteiger partial charge in [-0.1, -0.05) is 11.2 Å². The van der Waals surface area contributed by atoms with Crippen molar-refractivity contribution in [2.45, 2.75) is 12.6 Å². The Bertz CT molecular complexity index is 355. The number of rotatable bonds is 1. The van der Waals surface area contributed by atoms with Gasteiger partial charge in [0.25, 0.3) is 0 Å². The molecule has 80 valence electrons. The van der Waals surface area contributed by atoms with Crippen LogP contribution < -0.4 is 11.2 Å². The van der Waals surface area contributed by atoms with Crippen LogP contribution in [0.4, 0.5) is 0 Å². The molecule has 7 nitrogen and oxygen atoms in total. The Morgan fingerprint density at radius 3 is 2.60 bits per heavy atom. The van der Waals surface area contributed by atoms with Gasteiger partial charge < -0.3 is 14.8 Å². The third-order valence-electron chi connectivity index (χ3n) is 1.74. The van der Waals surface area contributed by atoms with Gasteiger partial charge in [0.05, 0.1) is 12.4 Å². The molecule has 2 aliphatic rings. The average molecular weight is 210 g/mol. The zero-order chi connectivity index (χ0) is 10.7. The summed E-state index contributed by atoms with van der Waals surface area (Å²) in [6.07, 6.45) is 5.93. The Morgan fingerprint density at radius 2 is 2.00 bits per heavy atom. The highest BCUT2D eigenvalue weighted by Crippen LogP contribution is 2.11. The molecule has 3 N–H and O–H groups in total. The van der Waals surface area contributed by atoms with Gasteiger partial charge in [0.1, 0.15) is 12.5 Å². The molecule has 15 heavy (non-hydrogen) atoms. The maximum atomic E-state index is 9.91. The first kappa shape index (κ1) is 9.67. The summed E-state index contributed by atoms with van der Waals surface area (Å²) in [5, 5.41) is 12.6. The van der Waals surface area contributed by atoms with E-state index >= 15 is 0 Å². The fraction of sp³-hybridized carbons (Fsp3) is 0.250. The molecule has 0 saturated heterocycles. The number of hydrogen-bond acceptors (Lipinski definition) is 7. The second kappa shape index (κ2) is 3.70. The van der Waals surface area contributed by atoms with Crippen LogP contribution >= 0.6 is 0 Å². The van der Waals surface area contributed by atoms with Crippen molar-refractivity contribution in [3.63, 3.8) is 0 Å². The third-order valence-corrected chi connectivity index (χ3v) is 1.74. The van der Waals surface area contributed by atoms with Crippen LogP contribution in [0.3, 0.4) is 0 Å². The van der Waals surface area contributed by atoms with E-state index in [1.54, 1.807) is 6.20 Å². The lowest BCUT2D eigenvalue weighted by molar-refractivity contribution is -0.102. The summed E-state index contributed by atoms with van der Waals surface area (Å²) in [5.41, 5.74) is 3.54. The lowest BCUT2D eigenvalue weighted by Crippen LogP contribution is -2.47.